The number of ether oxygens (including phenoxy) is 2. The normalized spacial score (nSPS) is 21.4. The van der Waals surface area contributed by atoms with Gasteiger partial charge in [-0.25, -0.2) is 4.39 Å². The lowest BCUT2D eigenvalue weighted by molar-refractivity contribution is -0.0168. The summed E-state index contributed by atoms with van der Waals surface area (Å²) in [6.45, 7) is 3.97. The Labute approximate surface area is 125 Å². The minimum absolute atomic E-state index is 0.0199. The van der Waals surface area contributed by atoms with E-state index in [9.17, 15) is 9.50 Å². The minimum atomic E-state index is -0.581. The van der Waals surface area contributed by atoms with E-state index in [2.05, 4.69) is 5.32 Å². The molecule has 2 unspecified atom stereocenters. The second-order valence-electron chi connectivity index (χ2n) is 5.51. The first kappa shape index (κ1) is 16.4. The lowest BCUT2D eigenvalue weighted by atomic mass is 10.1. The molecule has 118 valence electrons. The zero-order valence-corrected chi connectivity index (χ0v) is 12.4. The van der Waals surface area contributed by atoms with E-state index in [4.69, 9.17) is 9.47 Å². The molecule has 2 rings (SSSR count). The van der Waals surface area contributed by atoms with Crippen LogP contribution in [0.1, 0.15) is 31.4 Å². The fourth-order valence-electron chi connectivity index (χ4n) is 2.38. The van der Waals surface area contributed by atoms with E-state index in [-0.39, 0.29) is 24.6 Å². The largest absolute Gasteiger partial charge is 0.389 e. The van der Waals surface area contributed by atoms with Crippen LogP contribution in [0.25, 0.3) is 0 Å². The number of hydrogen-bond acceptors (Lipinski definition) is 4. The van der Waals surface area contributed by atoms with Crippen LogP contribution in [0.3, 0.4) is 0 Å². The number of aliphatic hydroxyl groups excluding tert-OH is 1. The second kappa shape index (κ2) is 8.44. The number of hydrogen-bond donors (Lipinski definition) is 2. The molecule has 0 spiro atoms. The van der Waals surface area contributed by atoms with Gasteiger partial charge in [0.1, 0.15) is 5.82 Å². The van der Waals surface area contributed by atoms with Gasteiger partial charge in [-0.2, -0.15) is 0 Å². The van der Waals surface area contributed by atoms with Crippen molar-refractivity contribution in [2.75, 3.05) is 26.4 Å². The van der Waals surface area contributed by atoms with Crippen molar-refractivity contribution in [2.24, 2.45) is 0 Å². The molecule has 0 amide bonds. The predicted octanol–water partition coefficient (Wildman–Crippen LogP) is 2.03. The Balaban J connectivity index is 1.62. The summed E-state index contributed by atoms with van der Waals surface area (Å²) in [5.41, 5.74) is 0.863. The van der Waals surface area contributed by atoms with Crippen LogP contribution in [0, 0.1) is 5.82 Å². The van der Waals surface area contributed by atoms with Crippen LogP contribution in [0.15, 0.2) is 24.3 Å². The maximum absolute atomic E-state index is 13.1. The molecule has 1 saturated heterocycles. The lowest BCUT2D eigenvalue weighted by Gasteiger charge is -2.18. The van der Waals surface area contributed by atoms with Crippen LogP contribution in [0.5, 0.6) is 0 Å². The molecule has 1 aromatic rings. The Morgan fingerprint density at radius 1 is 1.52 bits per heavy atom. The summed E-state index contributed by atoms with van der Waals surface area (Å²) in [6.07, 6.45) is 1.72. The van der Waals surface area contributed by atoms with Gasteiger partial charge in [-0.1, -0.05) is 12.1 Å². The van der Waals surface area contributed by atoms with E-state index in [1.165, 1.54) is 12.1 Å². The van der Waals surface area contributed by atoms with Gasteiger partial charge in [-0.15, -0.1) is 0 Å². The summed E-state index contributed by atoms with van der Waals surface area (Å²) in [4.78, 5) is 0. The Morgan fingerprint density at radius 2 is 2.38 bits per heavy atom. The number of rotatable bonds is 8. The molecule has 3 atom stereocenters. The SMILES string of the molecule is C[C@@H](NCC(O)COCC1CCCO1)c1cccc(F)c1. The van der Waals surface area contributed by atoms with Gasteiger partial charge in [0.15, 0.2) is 0 Å². The van der Waals surface area contributed by atoms with Crippen LogP contribution >= 0.6 is 0 Å². The van der Waals surface area contributed by atoms with Gasteiger partial charge < -0.3 is 19.9 Å². The fourth-order valence-corrected chi connectivity index (χ4v) is 2.38. The quantitative estimate of drug-likeness (QED) is 0.771. The highest BCUT2D eigenvalue weighted by Gasteiger charge is 2.16. The average Bonchev–Trinajstić information content (AvgIpc) is 2.98. The summed E-state index contributed by atoms with van der Waals surface area (Å²) in [7, 11) is 0. The third kappa shape index (κ3) is 5.71. The van der Waals surface area contributed by atoms with Crippen molar-refractivity contribution in [3.05, 3.63) is 35.6 Å². The molecular weight excluding hydrogens is 273 g/mol. The van der Waals surface area contributed by atoms with Crippen LogP contribution in [0.4, 0.5) is 4.39 Å². The zero-order valence-electron chi connectivity index (χ0n) is 12.4. The van der Waals surface area contributed by atoms with Crippen LogP contribution in [-0.4, -0.2) is 43.7 Å². The summed E-state index contributed by atoms with van der Waals surface area (Å²) in [5, 5.41) is 13.0. The molecule has 0 aromatic heterocycles. The summed E-state index contributed by atoms with van der Waals surface area (Å²) in [6, 6.07) is 6.45. The predicted molar refractivity (Wildman–Crippen MR) is 78.6 cm³/mol. The van der Waals surface area contributed by atoms with E-state index in [0.29, 0.717) is 13.2 Å². The molecular formula is C16H24FNO3. The number of halogens is 1. The standard InChI is InChI=1S/C16H24FNO3/c1-12(13-4-2-5-14(17)8-13)18-9-15(19)10-20-11-16-6-3-7-21-16/h2,4-5,8,12,15-16,18-19H,3,6-7,9-11H2,1H3/t12-,15?,16?/m1/s1. The van der Waals surface area contributed by atoms with E-state index in [1.54, 1.807) is 6.07 Å². The third-order valence-electron chi connectivity index (χ3n) is 3.65. The smallest absolute Gasteiger partial charge is 0.123 e. The van der Waals surface area contributed by atoms with E-state index in [1.807, 2.05) is 13.0 Å². The molecule has 0 radical (unpaired) electrons. The van der Waals surface area contributed by atoms with Gasteiger partial charge in [0, 0.05) is 19.2 Å². The van der Waals surface area contributed by atoms with Gasteiger partial charge in [0.2, 0.25) is 0 Å². The molecule has 1 aliphatic rings. The molecule has 0 bridgehead atoms. The van der Waals surface area contributed by atoms with Gasteiger partial charge in [-0.3, -0.25) is 0 Å². The van der Waals surface area contributed by atoms with Crippen LogP contribution < -0.4 is 5.32 Å². The highest BCUT2D eigenvalue weighted by atomic mass is 19.1. The maximum Gasteiger partial charge on any atom is 0.123 e. The Bertz CT molecular complexity index is 424. The fraction of sp³-hybridized carbons (Fsp3) is 0.625. The molecule has 5 heteroatoms. The maximum atomic E-state index is 13.1. The molecule has 4 nitrogen and oxygen atoms in total. The van der Waals surface area contributed by atoms with E-state index in [0.717, 1.165) is 25.0 Å². The van der Waals surface area contributed by atoms with Crippen LogP contribution in [-0.2, 0) is 9.47 Å². The Kier molecular flexibility index (Phi) is 6.57. The molecule has 0 aliphatic carbocycles. The molecule has 1 fully saturated rings. The van der Waals surface area contributed by atoms with Crippen molar-refractivity contribution in [1.82, 2.24) is 5.32 Å². The molecule has 21 heavy (non-hydrogen) atoms. The first-order chi connectivity index (χ1) is 10.1. The molecule has 0 saturated carbocycles. The summed E-state index contributed by atoms with van der Waals surface area (Å²) >= 11 is 0. The molecule has 1 aliphatic heterocycles. The highest BCUT2D eigenvalue weighted by Crippen LogP contribution is 2.14. The topological polar surface area (TPSA) is 50.7 Å². The number of nitrogens with one attached hydrogen (secondary N) is 1. The third-order valence-corrected chi connectivity index (χ3v) is 3.65. The first-order valence-corrected chi connectivity index (χ1v) is 7.51. The monoisotopic (exact) mass is 297 g/mol. The van der Waals surface area contributed by atoms with E-state index < -0.39 is 6.10 Å². The molecule has 2 N–H and O–H groups in total. The number of benzene rings is 1. The molecule has 1 heterocycles. The van der Waals surface area contributed by atoms with Gasteiger partial charge in [0.25, 0.3) is 0 Å². The average molecular weight is 297 g/mol. The van der Waals surface area contributed by atoms with Crippen molar-refractivity contribution in [3.8, 4) is 0 Å². The number of aliphatic hydroxyl groups is 1. The van der Waals surface area contributed by atoms with Crippen molar-refractivity contribution in [2.45, 2.75) is 38.0 Å². The van der Waals surface area contributed by atoms with Crippen molar-refractivity contribution in [3.63, 3.8) is 0 Å². The summed E-state index contributed by atoms with van der Waals surface area (Å²) < 4.78 is 24.0. The van der Waals surface area contributed by atoms with Crippen molar-refractivity contribution >= 4 is 0 Å². The first-order valence-electron chi connectivity index (χ1n) is 7.51. The van der Waals surface area contributed by atoms with Crippen molar-refractivity contribution < 1.29 is 19.0 Å². The van der Waals surface area contributed by atoms with Crippen molar-refractivity contribution in [1.29, 1.82) is 0 Å². The summed E-state index contributed by atoms with van der Waals surface area (Å²) in [5.74, 6) is -0.249. The van der Waals surface area contributed by atoms with Gasteiger partial charge in [-0.05, 0) is 37.5 Å². The minimum Gasteiger partial charge on any atom is -0.389 e. The highest BCUT2D eigenvalue weighted by molar-refractivity contribution is 5.19. The van der Waals surface area contributed by atoms with Gasteiger partial charge >= 0.3 is 0 Å². The van der Waals surface area contributed by atoms with Crippen LogP contribution in [0.2, 0.25) is 0 Å². The lowest BCUT2D eigenvalue weighted by Crippen LogP contribution is -2.33. The van der Waals surface area contributed by atoms with Gasteiger partial charge in [0.05, 0.1) is 25.4 Å². The Morgan fingerprint density at radius 3 is 3.10 bits per heavy atom. The van der Waals surface area contributed by atoms with E-state index >= 15 is 0 Å². The molecule has 1 aromatic carbocycles. The Hall–Kier alpha value is -1.01. The zero-order chi connectivity index (χ0) is 15.1. The second-order valence-corrected chi connectivity index (χ2v) is 5.51.